The molecule has 0 spiro atoms. The fourth-order valence-electron chi connectivity index (χ4n) is 1.27. The van der Waals surface area contributed by atoms with Crippen LogP contribution in [0.2, 0.25) is 25.5 Å². The molecule has 0 unspecified atom stereocenters. The summed E-state index contributed by atoms with van der Waals surface area (Å²) in [6.45, 7) is 0. The first-order valence-electron chi connectivity index (χ1n) is 4.32. The quantitative estimate of drug-likeness (QED) is 0.397. The summed E-state index contributed by atoms with van der Waals surface area (Å²) in [6, 6.07) is 3.17. The van der Waals surface area contributed by atoms with Gasteiger partial charge in [0.2, 0.25) is 5.28 Å². The van der Waals surface area contributed by atoms with Crippen LogP contribution < -0.4 is 0 Å². The number of hydrogen-bond donors (Lipinski definition) is 0. The number of aromatic nitrogens is 2. The number of rotatable bonds is 1. The normalized spacial score (nSPS) is 10.6. The second-order valence-corrected chi connectivity index (χ2v) is 5.01. The summed E-state index contributed by atoms with van der Waals surface area (Å²) in [5.74, 6) is 0. The molecule has 2 nitrogen and oxygen atoms in total. The Kier molecular flexibility index (Phi) is 4.01. The Hall–Kier alpha value is -0.250. The molecule has 17 heavy (non-hydrogen) atoms. The molecular formula is C10H3Cl5N2. The third-order valence-electron chi connectivity index (χ3n) is 2.00. The third-order valence-corrected chi connectivity index (χ3v) is 3.49. The molecule has 0 saturated heterocycles. The number of halogens is 5. The maximum absolute atomic E-state index is 6.07. The van der Waals surface area contributed by atoms with Crippen LogP contribution in [0.15, 0.2) is 18.3 Å². The first-order valence-corrected chi connectivity index (χ1v) is 6.21. The summed E-state index contributed by atoms with van der Waals surface area (Å²) in [7, 11) is 0. The maximum atomic E-state index is 6.07. The van der Waals surface area contributed by atoms with E-state index in [9.17, 15) is 0 Å². The van der Waals surface area contributed by atoms with Gasteiger partial charge in [-0.1, -0.05) is 46.4 Å². The zero-order valence-electron chi connectivity index (χ0n) is 8.02. The van der Waals surface area contributed by atoms with Gasteiger partial charge in [-0.15, -0.1) is 0 Å². The van der Waals surface area contributed by atoms with E-state index in [0.29, 0.717) is 26.2 Å². The van der Waals surface area contributed by atoms with E-state index in [1.54, 1.807) is 12.1 Å². The maximum Gasteiger partial charge on any atom is 0.223 e. The summed E-state index contributed by atoms with van der Waals surface area (Å²) < 4.78 is 0. The van der Waals surface area contributed by atoms with Crippen molar-refractivity contribution < 1.29 is 0 Å². The summed E-state index contributed by atoms with van der Waals surface area (Å²) in [5.41, 5.74) is 1.08. The highest BCUT2D eigenvalue weighted by atomic mass is 35.5. The van der Waals surface area contributed by atoms with Gasteiger partial charge in [0.25, 0.3) is 0 Å². The van der Waals surface area contributed by atoms with E-state index >= 15 is 0 Å². The molecule has 1 heterocycles. The second-order valence-electron chi connectivity index (χ2n) is 3.09. The van der Waals surface area contributed by atoms with Crippen LogP contribution in [0.3, 0.4) is 0 Å². The fraction of sp³-hybridized carbons (Fsp3) is 0. The molecule has 0 aliphatic carbocycles. The molecule has 88 valence electrons. The van der Waals surface area contributed by atoms with Crippen LogP contribution in [0.4, 0.5) is 0 Å². The second kappa shape index (κ2) is 5.17. The Morgan fingerprint density at radius 2 is 1.59 bits per heavy atom. The predicted molar refractivity (Wildman–Crippen MR) is 72.5 cm³/mol. The Bertz CT molecular complexity index is 585. The van der Waals surface area contributed by atoms with Crippen molar-refractivity contribution in [2.75, 3.05) is 0 Å². The van der Waals surface area contributed by atoms with Crippen molar-refractivity contribution in [2.24, 2.45) is 0 Å². The molecule has 1 aromatic carbocycles. The minimum atomic E-state index is 0.0583. The van der Waals surface area contributed by atoms with Gasteiger partial charge in [0.15, 0.2) is 0 Å². The van der Waals surface area contributed by atoms with Gasteiger partial charge < -0.3 is 0 Å². The fourth-order valence-corrected chi connectivity index (χ4v) is 2.39. The van der Waals surface area contributed by atoms with Gasteiger partial charge in [0.05, 0.1) is 10.0 Å². The Morgan fingerprint density at radius 1 is 0.882 bits per heavy atom. The van der Waals surface area contributed by atoms with E-state index in [1.165, 1.54) is 6.20 Å². The molecule has 0 aliphatic rings. The molecule has 0 amide bonds. The van der Waals surface area contributed by atoms with Gasteiger partial charge in [-0.2, -0.15) is 0 Å². The van der Waals surface area contributed by atoms with Crippen LogP contribution in [0.5, 0.6) is 0 Å². The molecule has 1 aromatic heterocycles. The molecule has 2 aromatic rings. The Balaban J connectivity index is 2.68. The SMILES string of the molecule is Clc1cc(Cl)c(Cl)c(-c2cnc(Cl)nc2Cl)c1. The standard InChI is InChI=1S/C10H3Cl5N2/c11-4-1-5(8(13)7(12)2-4)6-3-16-10(15)17-9(6)14/h1-3H. The van der Waals surface area contributed by atoms with Gasteiger partial charge >= 0.3 is 0 Å². The van der Waals surface area contributed by atoms with Crippen LogP contribution in [-0.2, 0) is 0 Å². The van der Waals surface area contributed by atoms with E-state index in [1.807, 2.05) is 0 Å². The molecule has 0 radical (unpaired) electrons. The third kappa shape index (κ3) is 2.78. The highest BCUT2D eigenvalue weighted by Crippen LogP contribution is 2.38. The van der Waals surface area contributed by atoms with E-state index in [0.717, 1.165) is 0 Å². The summed E-state index contributed by atoms with van der Waals surface area (Å²) in [6.07, 6.45) is 1.46. The van der Waals surface area contributed by atoms with Gasteiger partial charge in [-0.05, 0) is 23.7 Å². The predicted octanol–water partition coefficient (Wildman–Crippen LogP) is 5.41. The zero-order chi connectivity index (χ0) is 12.6. The molecule has 0 bridgehead atoms. The van der Waals surface area contributed by atoms with Gasteiger partial charge in [0.1, 0.15) is 5.15 Å². The molecule has 0 N–H and O–H groups in total. The lowest BCUT2D eigenvalue weighted by Gasteiger charge is -2.08. The first kappa shape index (κ1) is 13.2. The monoisotopic (exact) mass is 326 g/mol. The lowest BCUT2D eigenvalue weighted by atomic mass is 10.1. The lowest BCUT2D eigenvalue weighted by molar-refractivity contribution is 1.17. The molecule has 0 aliphatic heterocycles. The van der Waals surface area contributed by atoms with Crippen LogP contribution in [-0.4, -0.2) is 9.97 Å². The van der Waals surface area contributed by atoms with Crippen molar-refractivity contribution >= 4 is 58.0 Å². The average molecular weight is 328 g/mol. The largest absolute Gasteiger partial charge is 0.226 e. The summed E-state index contributed by atoms with van der Waals surface area (Å²) in [5, 5.41) is 1.36. The number of hydrogen-bond acceptors (Lipinski definition) is 2. The van der Waals surface area contributed by atoms with Crippen LogP contribution in [0, 0.1) is 0 Å². The van der Waals surface area contributed by atoms with Gasteiger partial charge in [-0.25, -0.2) is 9.97 Å². The average Bonchev–Trinajstić information content (AvgIpc) is 2.24. The minimum absolute atomic E-state index is 0.0583. The highest BCUT2D eigenvalue weighted by Gasteiger charge is 2.13. The van der Waals surface area contributed by atoms with E-state index in [4.69, 9.17) is 58.0 Å². The summed E-state index contributed by atoms with van der Waals surface area (Å²) >= 11 is 29.5. The Morgan fingerprint density at radius 3 is 2.24 bits per heavy atom. The number of benzene rings is 1. The first-order chi connectivity index (χ1) is 7.99. The minimum Gasteiger partial charge on any atom is -0.226 e. The van der Waals surface area contributed by atoms with Crippen molar-refractivity contribution in [1.29, 1.82) is 0 Å². The highest BCUT2D eigenvalue weighted by molar-refractivity contribution is 6.45. The van der Waals surface area contributed by atoms with E-state index in [-0.39, 0.29) is 10.4 Å². The van der Waals surface area contributed by atoms with Crippen molar-refractivity contribution in [3.63, 3.8) is 0 Å². The zero-order valence-corrected chi connectivity index (χ0v) is 11.8. The van der Waals surface area contributed by atoms with E-state index in [2.05, 4.69) is 9.97 Å². The Labute approximate surface area is 122 Å². The van der Waals surface area contributed by atoms with Crippen molar-refractivity contribution in [2.45, 2.75) is 0 Å². The van der Waals surface area contributed by atoms with Crippen molar-refractivity contribution in [3.05, 3.63) is 43.8 Å². The van der Waals surface area contributed by atoms with Crippen molar-refractivity contribution in [3.8, 4) is 11.1 Å². The van der Waals surface area contributed by atoms with Crippen molar-refractivity contribution in [1.82, 2.24) is 9.97 Å². The molecule has 7 heteroatoms. The van der Waals surface area contributed by atoms with Crippen LogP contribution in [0.25, 0.3) is 11.1 Å². The van der Waals surface area contributed by atoms with E-state index < -0.39 is 0 Å². The topological polar surface area (TPSA) is 25.8 Å². The van der Waals surface area contributed by atoms with Gasteiger partial charge in [-0.3, -0.25) is 0 Å². The summed E-state index contributed by atoms with van der Waals surface area (Å²) in [4.78, 5) is 7.67. The molecular weight excluding hydrogens is 325 g/mol. The molecule has 0 fully saturated rings. The number of nitrogens with zero attached hydrogens (tertiary/aromatic N) is 2. The molecule has 0 atom stereocenters. The van der Waals surface area contributed by atoms with Gasteiger partial charge in [0, 0.05) is 22.3 Å². The molecule has 2 rings (SSSR count). The molecule has 0 saturated carbocycles. The smallest absolute Gasteiger partial charge is 0.223 e. The van der Waals surface area contributed by atoms with Crippen LogP contribution in [0.1, 0.15) is 0 Å². The lowest BCUT2D eigenvalue weighted by Crippen LogP contribution is -1.89. The van der Waals surface area contributed by atoms with Crippen LogP contribution >= 0.6 is 58.0 Å².